The number of likely N-dealkylation sites (tertiary alicyclic amines) is 1. The molecule has 2 aliphatic carbocycles. The summed E-state index contributed by atoms with van der Waals surface area (Å²) in [5.41, 5.74) is 0.430. The quantitative estimate of drug-likeness (QED) is 0.679. The van der Waals surface area contributed by atoms with E-state index in [4.69, 9.17) is 0 Å². The van der Waals surface area contributed by atoms with Crippen LogP contribution in [0, 0.1) is 22.2 Å². The standard InChI is InChI=1S/C22H37N3O/c1-4-5-9-22(24(2)3)12-10-21(11-13-22)16-19(26)25(18-21)15-14-20(17-23)7-6-8-20/h4-16,18H2,1-3H3. The van der Waals surface area contributed by atoms with Crippen LogP contribution in [-0.4, -0.2) is 48.4 Å². The van der Waals surface area contributed by atoms with Gasteiger partial charge in [0.05, 0.1) is 11.5 Å². The summed E-state index contributed by atoms with van der Waals surface area (Å²) in [5.74, 6) is 0.336. The smallest absolute Gasteiger partial charge is 0.223 e. The second kappa shape index (κ2) is 7.50. The molecule has 146 valence electrons. The third kappa shape index (κ3) is 3.65. The molecule has 0 atom stereocenters. The van der Waals surface area contributed by atoms with E-state index in [1.165, 1.54) is 51.4 Å². The van der Waals surface area contributed by atoms with Crippen LogP contribution in [0.3, 0.4) is 0 Å². The molecule has 4 heteroatoms. The number of nitrogens with zero attached hydrogens (tertiary/aromatic N) is 3. The minimum atomic E-state index is -0.122. The van der Waals surface area contributed by atoms with Crippen molar-refractivity contribution >= 4 is 5.91 Å². The van der Waals surface area contributed by atoms with Crippen molar-refractivity contribution in [3.8, 4) is 6.07 Å². The topological polar surface area (TPSA) is 47.3 Å². The number of hydrogen-bond donors (Lipinski definition) is 0. The van der Waals surface area contributed by atoms with Gasteiger partial charge in [0.1, 0.15) is 0 Å². The maximum Gasteiger partial charge on any atom is 0.223 e. The largest absolute Gasteiger partial charge is 0.342 e. The van der Waals surface area contributed by atoms with Crippen molar-refractivity contribution in [1.29, 1.82) is 5.26 Å². The summed E-state index contributed by atoms with van der Waals surface area (Å²) in [5, 5.41) is 9.44. The maximum absolute atomic E-state index is 12.7. The van der Waals surface area contributed by atoms with Crippen molar-refractivity contribution < 1.29 is 4.79 Å². The molecule has 1 amide bonds. The maximum atomic E-state index is 12.7. The summed E-state index contributed by atoms with van der Waals surface area (Å²) >= 11 is 0. The fourth-order valence-electron chi connectivity index (χ4n) is 5.56. The summed E-state index contributed by atoms with van der Waals surface area (Å²) in [6, 6.07) is 2.52. The predicted octanol–water partition coefficient (Wildman–Crippen LogP) is 4.35. The summed E-state index contributed by atoms with van der Waals surface area (Å²) in [6.45, 7) is 4.00. The zero-order valence-electron chi connectivity index (χ0n) is 17.1. The fourth-order valence-corrected chi connectivity index (χ4v) is 5.56. The highest BCUT2D eigenvalue weighted by atomic mass is 16.2. The Balaban J connectivity index is 1.57. The Kier molecular flexibility index (Phi) is 5.68. The van der Waals surface area contributed by atoms with Crippen LogP contribution in [0.25, 0.3) is 0 Å². The molecule has 1 heterocycles. The van der Waals surface area contributed by atoms with Gasteiger partial charge < -0.3 is 9.80 Å². The van der Waals surface area contributed by atoms with E-state index in [-0.39, 0.29) is 10.8 Å². The number of hydrogen-bond acceptors (Lipinski definition) is 3. The molecule has 0 aromatic heterocycles. The lowest BCUT2D eigenvalue weighted by Crippen LogP contribution is -2.49. The first-order chi connectivity index (χ1) is 12.4. The molecule has 4 nitrogen and oxygen atoms in total. The van der Waals surface area contributed by atoms with Crippen LogP contribution < -0.4 is 0 Å². The van der Waals surface area contributed by atoms with Gasteiger partial charge in [0, 0.05) is 25.0 Å². The van der Waals surface area contributed by atoms with E-state index in [1.54, 1.807) is 0 Å². The summed E-state index contributed by atoms with van der Waals surface area (Å²) in [4.78, 5) is 17.2. The first-order valence-electron chi connectivity index (χ1n) is 10.7. The van der Waals surface area contributed by atoms with Crippen LogP contribution in [0.15, 0.2) is 0 Å². The van der Waals surface area contributed by atoms with E-state index in [2.05, 4.69) is 36.9 Å². The molecule has 26 heavy (non-hydrogen) atoms. The lowest BCUT2D eigenvalue weighted by molar-refractivity contribution is -0.128. The fraction of sp³-hybridized carbons (Fsp3) is 0.909. The Bertz CT molecular complexity index is 550. The van der Waals surface area contributed by atoms with E-state index in [1.807, 2.05) is 0 Å². The van der Waals surface area contributed by atoms with Gasteiger partial charge in [-0.15, -0.1) is 0 Å². The Hall–Kier alpha value is -1.08. The second-order valence-corrected chi connectivity index (χ2v) is 9.71. The highest BCUT2D eigenvalue weighted by Gasteiger charge is 2.49. The highest BCUT2D eigenvalue weighted by Crippen LogP contribution is 2.50. The molecule has 0 N–H and O–H groups in total. The monoisotopic (exact) mass is 359 g/mol. The van der Waals surface area contributed by atoms with Crippen LogP contribution in [0.5, 0.6) is 0 Å². The van der Waals surface area contributed by atoms with Gasteiger partial charge in [-0.25, -0.2) is 0 Å². The Morgan fingerprint density at radius 1 is 1.12 bits per heavy atom. The van der Waals surface area contributed by atoms with Crippen LogP contribution >= 0.6 is 0 Å². The van der Waals surface area contributed by atoms with E-state index >= 15 is 0 Å². The van der Waals surface area contributed by atoms with E-state index in [0.29, 0.717) is 11.4 Å². The van der Waals surface area contributed by atoms with Gasteiger partial charge in [0.25, 0.3) is 0 Å². The van der Waals surface area contributed by atoms with Crippen LogP contribution in [-0.2, 0) is 4.79 Å². The highest BCUT2D eigenvalue weighted by molar-refractivity contribution is 5.79. The lowest BCUT2D eigenvalue weighted by Gasteiger charge is -2.48. The number of unbranched alkanes of at least 4 members (excludes halogenated alkanes) is 1. The molecule has 0 unspecified atom stereocenters. The molecule has 0 aromatic rings. The first-order valence-corrected chi connectivity index (χ1v) is 10.7. The zero-order chi connectivity index (χ0) is 18.8. The normalized spacial score (nSPS) is 33.5. The van der Waals surface area contributed by atoms with Gasteiger partial charge in [-0.2, -0.15) is 5.26 Å². The van der Waals surface area contributed by atoms with Gasteiger partial charge >= 0.3 is 0 Å². The first kappa shape index (κ1) is 19.7. The Labute approximate surface area is 159 Å². The van der Waals surface area contributed by atoms with E-state index < -0.39 is 0 Å². The Morgan fingerprint density at radius 3 is 2.31 bits per heavy atom. The lowest BCUT2D eigenvalue weighted by atomic mass is 9.65. The van der Waals surface area contributed by atoms with Crippen molar-refractivity contribution in [1.82, 2.24) is 9.80 Å². The van der Waals surface area contributed by atoms with E-state index in [9.17, 15) is 10.1 Å². The van der Waals surface area contributed by atoms with Crippen LogP contribution in [0.4, 0.5) is 0 Å². The van der Waals surface area contributed by atoms with Crippen molar-refractivity contribution in [3.05, 3.63) is 0 Å². The third-order valence-electron chi connectivity index (χ3n) is 8.00. The van der Waals surface area contributed by atoms with Crippen molar-refractivity contribution in [2.75, 3.05) is 27.2 Å². The molecule has 0 radical (unpaired) electrons. The van der Waals surface area contributed by atoms with Crippen LogP contribution in [0.1, 0.15) is 84.0 Å². The number of nitriles is 1. The summed E-state index contributed by atoms with van der Waals surface area (Å²) in [6.07, 6.45) is 13.5. The molecule has 0 aromatic carbocycles. The average molecular weight is 360 g/mol. The molecule has 1 spiro atoms. The zero-order valence-corrected chi connectivity index (χ0v) is 17.1. The second-order valence-electron chi connectivity index (χ2n) is 9.71. The van der Waals surface area contributed by atoms with Gasteiger partial charge in [-0.3, -0.25) is 4.79 Å². The Morgan fingerprint density at radius 2 is 1.81 bits per heavy atom. The molecule has 3 fully saturated rings. The molecular formula is C22H37N3O. The molecule has 1 aliphatic heterocycles. The summed E-state index contributed by atoms with van der Waals surface area (Å²) < 4.78 is 0. The predicted molar refractivity (Wildman–Crippen MR) is 105 cm³/mol. The number of rotatable bonds is 7. The van der Waals surface area contributed by atoms with Crippen molar-refractivity contribution in [2.45, 2.75) is 89.5 Å². The number of amides is 1. The average Bonchev–Trinajstić information content (AvgIpc) is 2.90. The third-order valence-corrected chi connectivity index (χ3v) is 8.00. The molecule has 2 saturated carbocycles. The molecule has 3 aliphatic rings. The van der Waals surface area contributed by atoms with Crippen molar-refractivity contribution in [2.24, 2.45) is 10.8 Å². The number of carbonyl (C=O) groups excluding carboxylic acids is 1. The molecule has 3 rings (SSSR count). The number of carbonyl (C=O) groups is 1. The van der Waals surface area contributed by atoms with Crippen LogP contribution in [0.2, 0.25) is 0 Å². The van der Waals surface area contributed by atoms with Gasteiger partial charge in [-0.1, -0.05) is 26.2 Å². The molecule has 0 bridgehead atoms. The summed E-state index contributed by atoms with van der Waals surface area (Å²) in [7, 11) is 4.47. The van der Waals surface area contributed by atoms with Crippen molar-refractivity contribution in [3.63, 3.8) is 0 Å². The SMILES string of the molecule is CCCCC1(N(C)C)CCC2(CC1)CC(=O)N(CCC1(C#N)CCC1)C2. The van der Waals surface area contributed by atoms with Gasteiger partial charge in [0.2, 0.25) is 5.91 Å². The van der Waals surface area contributed by atoms with E-state index in [0.717, 1.165) is 38.8 Å². The molecular weight excluding hydrogens is 322 g/mol. The van der Waals surface area contributed by atoms with Gasteiger partial charge in [0.15, 0.2) is 0 Å². The van der Waals surface area contributed by atoms with Gasteiger partial charge in [-0.05, 0) is 70.9 Å². The molecule has 1 saturated heterocycles. The minimum Gasteiger partial charge on any atom is -0.342 e. The minimum absolute atomic E-state index is 0.122.